The fourth-order valence-corrected chi connectivity index (χ4v) is 2.96. The van der Waals surface area contributed by atoms with Gasteiger partial charge in [0.05, 0.1) is 6.10 Å². The van der Waals surface area contributed by atoms with E-state index in [1.807, 2.05) is 0 Å². The summed E-state index contributed by atoms with van der Waals surface area (Å²) in [7, 11) is 2.15. The Hall–Kier alpha value is -0.120. The lowest BCUT2D eigenvalue weighted by Crippen LogP contribution is -2.49. The molecule has 2 fully saturated rings. The summed E-state index contributed by atoms with van der Waals surface area (Å²) < 4.78 is 5.83. The quantitative estimate of drug-likeness (QED) is 0.659. The number of hydrogen-bond donors (Lipinski definition) is 0. The second-order valence-corrected chi connectivity index (χ2v) is 5.73. The monoisotopic (exact) mass is 240 g/mol. The van der Waals surface area contributed by atoms with Gasteiger partial charge in [0.25, 0.3) is 0 Å². The van der Waals surface area contributed by atoms with Gasteiger partial charge in [-0.25, -0.2) is 0 Å². The van der Waals surface area contributed by atoms with Crippen LogP contribution < -0.4 is 0 Å². The molecule has 0 aromatic rings. The van der Waals surface area contributed by atoms with Crippen LogP contribution in [-0.4, -0.2) is 62.3 Å². The molecular weight excluding hydrogens is 212 g/mol. The third-order valence-electron chi connectivity index (χ3n) is 4.30. The highest BCUT2D eigenvalue weighted by Gasteiger charge is 2.23. The van der Waals surface area contributed by atoms with E-state index in [0.717, 1.165) is 25.6 Å². The standard InChI is InChI=1S/C14H28N2O/c1-3-16-8-6-13(7-9-16)5-4-10-17-14-11-15(2)12-14/h13-14H,3-12H2,1-2H3. The van der Waals surface area contributed by atoms with E-state index in [1.54, 1.807) is 0 Å². The highest BCUT2D eigenvalue weighted by Crippen LogP contribution is 2.21. The number of piperidine rings is 1. The van der Waals surface area contributed by atoms with Gasteiger partial charge in [-0.05, 0) is 58.3 Å². The molecule has 2 aliphatic rings. The second-order valence-electron chi connectivity index (χ2n) is 5.73. The molecule has 0 aromatic heterocycles. The number of hydrogen-bond acceptors (Lipinski definition) is 3. The van der Waals surface area contributed by atoms with Crippen LogP contribution in [-0.2, 0) is 4.74 Å². The van der Waals surface area contributed by atoms with E-state index in [2.05, 4.69) is 23.8 Å². The van der Waals surface area contributed by atoms with Crippen molar-refractivity contribution in [3.05, 3.63) is 0 Å². The Morgan fingerprint density at radius 1 is 1.18 bits per heavy atom. The minimum Gasteiger partial charge on any atom is -0.376 e. The van der Waals surface area contributed by atoms with E-state index >= 15 is 0 Å². The first-order valence-corrected chi connectivity index (χ1v) is 7.30. The minimum atomic E-state index is 0.530. The van der Waals surface area contributed by atoms with Gasteiger partial charge >= 0.3 is 0 Å². The van der Waals surface area contributed by atoms with Crippen LogP contribution >= 0.6 is 0 Å². The van der Waals surface area contributed by atoms with Gasteiger partial charge in [-0.2, -0.15) is 0 Å². The normalized spacial score (nSPS) is 25.1. The SMILES string of the molecule is CCN1CCC(CCCOC2CN(C)C2)CC1. The smallest absolute Gasteiger partial charge is 0.0828 e. The molecule has 2 aliphatic heterocycles. The molecule has 3 heteroatoms. The zero-order valence-electron chi connectivity index (χ0n) is 11.5. The topological polar surface area (TPSA) is 15.7 Å². The fraction of sp³-hybridized carbons (Fsp3) is 1.00. The van der Waals surface area contributed by atoms with E-state index in [1.165, 1.54) is 45.3 Å². The molecule has 2 heterocycles. The summed E-state index contributed by atoms with van der Waals surface area (Å²) in [5.74, 6) is 0.963. The number of ether oxygens (including phenoxy) is 1. The predicted molar refractivity (Wildman–Crippen MR) is 71.3 cm³/mol. The van der Waals surface area contributed by atoms with Crippen LogP contribution in [0.5, 0.6) is 0 Å². The van der Waals surface area contributed by atoms with Gasteiger partial charge < -0.3 is 14.5 Å². The van der Waals surface area contributed by atoms with Crippen molar-refractivity contribution < 1.29 is 4.74 Å². The molecule has 0 atom stereocenters. The third-order valence-corrected chi connectivity index (χ3v) is 4.30. The Morgan fingerprint density at radius 3 is 2.47 bits per heavy atom. The van der Waals surface area contributed by atoms with Crippen LogP contribution in [0.3, 0.4) is 0 Å². The Bertz CT molecular complexity index is 208. The van der Waals surface area contributed by atoms with Gasteiger partial charge in [-0.15, -0.1) is 0 Å². The zero-order valence-corrected chi connectivity index (χ0v) is 11.5. The number of likely N-dealkylation sites (N-methyl/N-ethyl adjacent to an activating group) is 1. The Labute approximate surface area is 106 Å². The van der Waals surface area contributed by atoms with Gasteiger partial charge in [-0.1, -0.05) is 6.92 Å². The lowest BCUT2D eigenvalue weighted by molar-refractivity contribution is -0.0452. The summed E-state index contributed by atoms with van der Waals surface area (Å²) in [4.78, 5) is 4.88. The molecule has 17 heavy (non-hydrogen) atoms. The van der Waals surface area contributed by atoms with Crippen LogP contribution in [0.1, 0.15) is 32.6 Å². The van der Waals surface area contributed by atoms with Crippen LogP contribution in [0.2, 0.25) is 0 Å². The molecule has 0 saturated carbocycles. The fourth-order valence-electron chi connectivity index (χ4n) is 2.96. The largest absolute Gasteiger partial charge is 0.376 e. The molecule has 0 bridgehead atoms. The van der Waals surface area contributed by atoms with E-state index in [-0.39, 0.29) is 0 Å². The molecule has 0 radical (unpaired) electrons. The molecule has 0 spiro atoms. The van der Waals surface area contributed by atoms with Crippen molar-refractivity contribution in [2.75, 3.05) is 46.4 Å². The van der Waals surface area contributed by atoms with Crippen molar-refractivity contribution in [2.24, 2.45) is 5.92 Å². The molecule has 0 N–H and O–H groups in total. The lowest BCUT2D eigenvalue weighted by Gasteiger charge is -2.36. The van der Waals surface area contributed by atoms with Crippen molar-refractivity contribution in [3.8, 4) is 0 Å². The average Bonchev–Trinajstić information content (AvgIpc) is 2.32. The molecule has 0 aliphatic carbocycles. The van der Waals surface area contributed by atoms with E-state index in [4.69, 9.17) is 4.74 Å². The summed E-state index contributed by atoms with van der Waals surface area (Å²) in [5, 5.41) is 0. The molecule has 0 unspecified atom stereocenters. The van der Waals surface area contributed by atoms with E-state index < -0.39 is 0 Å². The van der Waals surface area contributed by atoms with Crippen molar-refractivity contribution in [1.82, 2.24) is 9.80 Å². The highest BCUT2D eigenvalue weighted by molar-refractivity contribution is 4.77. The lowest BCUT2D eigenvalue weighted by atomic mass is 9.92. The molecule has 100 valence electrons. The first-order chi connectivity index (χ1) is 8.28. The molecule has 2 rings (SSSR count). The number of rotatable bonds is 6. The van der Waals surface area contributed by atoms with E-state index in [9.17, 15) is 0 Å². The van der Waals surface area contributed by atoms with Crippen molar-refractivity contribution >= 4 is 0 Å². The van der Waals surface area contributed by atoms with Crippen molar-refractivity contribution in [1.29, 1.82) is 0 Å². The molecule has 0 aromatic carbocycles. The molecule has 3 nitrogen and oxygen atoms in total. The number of nitrogens with zero attached hydrogens (tertiary/aromatic N) is 2. The summed E-state index contributed by atoms with van der Waals surface area (Å²) in [6.07, 6.45) is 5.97. The zero-order chi connectivity index (χ0) is 12.1. The Kier molecular flexibility index (Phi) is 5.26. The minimum absolute atomic E-state index is 0.530. The van der Waals surface area contributed by atoms with Gasteiger partial charge in [0.15, 0.2) is 0 Å². The van der Waals surface area contributed by atoms with Crippen molar-refractivity contribution in [2.45, 2.75) is 38.7 Å². The van der Waals surface area contributed by atoms with Crippen molar-refractivity contribution in [3.63, 3.8) is 0 Å². The van der Waals surface area contributed by atoms with Crippen LogP contribution in [0.25, 0.3) is 0 Å². The third kappa shape index (κ3) is 4.23. The maximum atomic E-state index is 5.83. The predicted octanol–water partition coefficient (Wildman–Crippen LogP) is 1.83. The first-order valence-electron chi connectivity index (χ1n) is 7.30. The summed E-state index contributed by atoms with van der Waals surface area (Å²) >= 11 is 0. The maximum absolute atomic E-state index is 5.83. The van der Waals surface area contributed by atoms with Crippen LogP contribution in [0.4, 0.5) is 0 Å². The summed E-state index contributed by atoms with van der Waals surface area (Å²) in [5.41, 5.74) is 0. The number of likely N-dealkylation sites (tertiary alicyclic amines) is 2. The Morgan fingerprint density at radius 2 is 1.88 bits per heavy atom. The van der Waals surface area contributed by atoms with Gasteiger partial charge in [0.2, 0.25) is 0 Å². The van der Waals surface area contributed by atoms with Crippen LogP contribution in [0.15, 0.2) is 0 Å². The first kappa shape index (κ1) is 13.3. The maximum Gasteiger partial charge on any atom is 0.0828 e. The van der Waals surface area contributed by atoms with Crippen LogP contribution in [0, 0.1) is 5.92 Å². The average molecular weight is 240 g/mol. The second kappa shape index (κ2) is 6.72. The van der Waals surface area contributed by atoms with E-state index in [0.29, 0.717) is 6.10 Å². The van der Waals surface area contributed by atoms with Gasteiger partial charge in [-0.3, -0.25) is 0 Å². The van der Waals surface area contributed by atoms with Gasteiger partial charge in [0, 0.05) is 19.7 Å². The van der Waals surface area contributed by atoms with Gasteiger partial charge in [0.1, 0.15) is 0 Å². The summed E-state index contributed by atoms with van der Waals surface area (Å²) in [6, 6.07) is 0. The Balaban J connectivity index is 1.46. The molecular formula is C14H28N2O. The summed E-state index contributed by atoms with van der Waals surface area (Å²) in [6.45, 7) is 9.37. The molecule has 0 amide bonds. The molecule has 2 saturated heterocycles. The highest BCUT2D eigenvalue weighted by atomic mass is 16.5.